The summed E-state index contributed by atoms with van der Waals surface area (Å²) in [6, 6.07) is 0. The first kappa shape index (κ1) is 7.45. The lowest BCUT2D eigenvalue weighted by Crippen LogP contribution is -2.16. The topological polar surface area (TPSA) is 6.02 Å². The molecule has 0 unspecified atom stereocenters. The van der Waals surface area contributed by atoms with E-state index >= 15 is 0 Å². The minimum absolute atomic E-state index is 1.07. The highest BCUT2D eigenvalue weighted by atomic mass is 15.2. The Morgan fingerprint density at radius 1 is 1.40 bits per heavy atom. The lowest BCUT2D eigenvalue weighted by Gasteiger charge is -1.92. The summed E-state index contributed by atoms with van der Waals surface area (Å²) >= 11 is 0. The van der Waals surface area contributed by atoms with Crippen molar-refractivity contribution in [3.63, 3.8) is 0 Å². The minimum Gasteiger partial charge on any atom is -0.176 e. The Morgan fingerprint density at radius 2 is 2.20 bits per heavy atom. The molecule has 0 saturated heterocycles. The number of nitrogens with zero attached hydrogens (tertiary/aromatic N) is 2. The van der Waals surface area contributed by atoms with Crippen molar-refractivity contribution in [2.45, 2.75) is 19.8 Å². The molecular formula is C8H16N2+2. The fraction of sp³-hybridized carbons (Fsp3) is 0.750. The zero-order valence-corrected chi connectivity index (χ0v) is 6.88. The van der Waals surface area contributed by atoms with Crippen LogP contribution in [-0.4, -0.2) is 41.8 Å². The molecule has 1 aliphatic rings. The van der Waals surface area contributed by atoms with Crippen LogP contribution in [-0.2, 0) is 0 Å². The maximum Gasteiger partial charge on any atom is 0.334 e. The first-order valence-corrected chi connectivity index (χ1v) is 3.95. The average molecular weight is 140 g/mol. The van der Waals surface area contributed by atoms with E-state index in [-0.39, 0.29) is 0 Å². The maximum absolute atomic E-state index is 2.34. The van der Waals surface area contributed by atoms with Gasteiger partial charge in [-0.05, 0) is 0 Å². The summed E-state index contributed by atoms with van der Waals surface area (Å²) in [5.74, 6) is 0. The summed E-state index contributed by atoms with van der Waals surface area (Å²) in [6.45, 7) is 4.50. The molecule has 0 fully saturated rings. The molecule has 0 aliphatic carbocycles. The van der Waals surface area contributed by atoms with Gasteiger partial charge in [0.05, 0.1) is 0 Å². The molecule has 2 heteroatoms. The lowest BCUT2D eigenvalue weighted by molar-refractivity contribution is -0.699. The van der Waals surface area contributed by atoms with Gasteiger partial charge in [0.1, 0.15) is 13.6 Å². The predicted molar refractivity (Wildman–Crippen MR) is 43.2 cm³/mol. The molecule has 0 bridgehead atoms. The van der Waals surface area contributed by atoms with E-state index in [4.69, 9.17) is 0 Å². The second kappa shape index (κ2) is 3.49. The SMILES string of the molecule is CCCC[N+]1=CC=[N+](C)C1. The van der Waals surface area contributed by atoms with Gasteiger partial charge in [-0.15, -0.1) is 0 Å². The van der Waals surface area contributed by atoms with Crippen LogP contribution in [0.15, 0.2) is 0 Å². The molecule has 0 N–H and O–H groups in total. The second-order valence-corrected chi connectivity index (χ2v) is 2.86. The van der Waals surface area contributed by atoms with E-state index in [1.165, 1.54) is 19.4 Å². The van der Waals surface area contributed by atoms with Crippen LogP contribution >= 0.6 is 0 Å². The van der Waals surface area contributed by atoms with Crippen molar-refractivity contribution in [2.24, 2.45) is 0 Å². The van der Waals surface area contributed by atoms with Gasteiger partial charge in [-0.1, -0.05) is 13.3 Å². The first-order valence-electron chi connectivity index (χ1n) is 3.95. The Labute approximate surface area is 62.5 Å². The van der Waals surface area contributed by atoms with Crippen LogP contribution in [0.4, 0.5) is 0 Å². The van der Waals surface area contributed by atoms with Gasteiger partial charge in [0.15, 0.2) is 0 Å². The molecule has 10 heavy (non-hydrogen) atoms. The Hall–Kier alpha value is -0.660. The number of hydrogen-bond donors (Lipinski definition) is 0. The summed E-state index contributed by atoms with van der Waals surface area (Å²) in [5.41, 5.74) is 0. The van der Waals surface area contributed by atoms with E-state index in [1.54, 1.807) is 0 Å². The molecule has 1 aliphatic heterocycles. The molecule has 0 aromatic rings. The standard InChI is InChI=1S/C8H16N2/c1-3-4-5-10-7-6-9(2)8-10/h6-7H,3-5,8H2,1-2H3/q+2. The Morgan fingerprint density at radius 3 is 2.70 bits per heavy atom. The van der Waals surface area contributed by atoms with Crippen LogP contribution in [0, 0.1) is 0 Å². The quantitative estimate of drug-likeness (QED) is 0.505. The molecule has 56 valence electrons. The number of rotatable bonds is 3. The van der Waals surface area contributed by atoms with E-state index in [1.807, 2.05) is 0 Å². The third kappa shape index (κ3) is 1.94. The highest BCUT2D eigenvalue weighted by Crippen LogP contribution is 1.89. The average Bonchev–Trinajstić information content (AvgIpc) is 2.31. The molecule has 2 nitrogen and oxygen atoms in total. The molecular weight excluding hydrogens is 124 g/mol. The van der Waals surface area contributed by atoms with E-state index < -0.39 is 0 Å². The third-order valence-electron chi connectivity index (χ3n) is 1.74. The molecule has 0 spiro atoms. The largest absolute Gasteiger partial charge is 0.334 e. The van der Waals surface area contributed by atoms with Gasteiger partial charge in [0, 0.05) is 6.42 Å². The molecule has 1 heterocycles. The van der Waals surface area contributed by atoms with Crippen molar-refractivity contribution in [1.82, 2.24) is 0 Å². The Bertz CT molecular complexity index is 168. The van der Waals surface area contributed by atoms with Crippen molar-refractivity contribution < 1.29 is 9.15 Å². The van der Waals surface area contributed by atoms with Gasteiger partial charge in [-0.25, -0.2) is 0 Å². The monoisotopic (exact) mass is 140 g/mol. The van der Waals surface area contributed by atoms with E-state index in [0.29, 0.717) is 0 Å². The van der Waals surface area contributed by atoms with Crippen LogP contribution in [0.5, 0.6) is 0 Å². The van der Waals surface area contributed by atoms with Crippen molar-refractivity contribution >= 4 is 12.4 Å². The minimum atomic E-state index is 1.07. The van der Waals surface area contributed by atoms with E-state index in [0.717, 1.165) is 6.67 Å². The Balaban J connectivity index is 2.22. The smallest absolute Gasteiger partial charge is 0.176 e. The summed E-state index contributed by atoms with van der Waals surface area (Å²) in [5, 5.41) is 0. The second-order valence-electron chi connectivity index (χ2n) is 2.86. The van der Waals surface area contributed by atoms with Crippen LogP contribution < -0.4 is 0 Å². The molecule has 0 aromatic carbocycles. The lowest BCUT2D eigenvalue weighted by atomic mass is 10.3. The fourth-order valence-corrected chi connectivity index (χ4v) is 1.10. The van der Waals surface area contributed by atoms with Crippen molar-refractivity contribution in [1.29, 1.82) is 0 Å². The molecule has 1 rings (SSSR count). The van der Waals surface area contributed by atoms with Crippen LogP contribution in [0.2, 0.25) is 0 Å². The van der Waals surface area contributed by atoms with Gasteiger partial charge in [-0.3, -0.25) is 0 Å². The summed E-state index contributed by atoms with van der Waals surface area (Å²) in [7, 11) is 2.10. The number of hydrogen-bond acceptors (Lipinski definition) is 0. The molecule has 0 aromatic heterocycles. The first-order chi connectivity index (χ1) is 4.83. The van der Waals surface area contributed by atoms with E-state index in [2.05, 4.69) is 35.6 Å². The van der Waals surface area contributed by atoms with Gasteiger partial charge >= 0.3 is 6.67 Å². The van der Waals surface area contributed by atoms with Crippen LogP contribution in [0.25, 0.3) is 0 Å². The zero-order chi connectivity index (χ0) is 7.40. The van der Waals surface area contributed by atoms with Crippen LogP contribution in [0.3, 0.4) is 0 Å². The number of unbranched alkanes of at least 4 members (excludes halogenated alkanes) is 1. The normalized spacial score (nSPS) is 17.0. The van der Waals surface area contributed by atoms with Gasteiger partial charge < -0.3 is 0 Å². The highest BCUT2D eigenvalue weighted by molar-refractivity contribution is 6.11. The van der Waals surface area contributed by atoms with Gasteiger partial charge in [-0.2, -0.15) is 9.15 Å². The molecule has 0 amide bonds. The maximum atomic E-state index is 2.34. The summed E-state index contributed by atoms with van der Waals surface area (Å²) in [4.78, 5) is 0. The van der Waals surface area contributed by atoms with Crippen molar-refractivity contribution in [2.75, 3.05) is 20.3 Å². The Kier molecular flexibility index (Phi) is 2.60. The molecule has 0 saturated carbocycles. The highest BCUT2D eigenvalue weighted by Gasteiger charge is 2.14. The van der Waals surface area contributed by atoms with Crippen molar-refractivity contribution in [3.05, 3.63) is 0 Å². The fourth-order valence-electron chi connectivity index (χ4n) is 1.10. The third-order valence-corrected chi connectivity index (χ3v) is 1.74. The van der Waals surface area contributed by atoms with Crippen molar-refractivity contribution in [3.8, 4) is 0 Å². The van der Waals surface area contributed by atoms with Crippen LogP contribution in [0.1, 0.15) is 19.8 Å². The zero-order valence-electron chi connectivity index (χ0n) is 6.88. The molecule has 0 radical (unpaired) electrons. The van der Waals surface area contributed by atoms with Gasteiger partial charge in [0.25, 0.3) is 0 Å². The van der Waals surface area contributed by atoms with E-state index in [9.17, 15) is 0 Å². The predicted octanol–water partition coefficient (Wildman–Crippen LogP) is 0.554. The van der Waals surface area contributed by atoms with Gasteiger partial charge in [0.2, 0.25) is 12.4 Å². The summed E-state index contributed by atoms with van der Waals surface area (Å²) < 4.78 is 4.53. The molecule has 0 atom stereocenters. The summed E-state index contributed by atoms with van der Waals surface area (Å²) in [6.07, 6.45) is 6.87.